The molecule has 0 bridgehead atoms. The van der Waals surface area contributed by atoms with E-state index in [1.165, 1.54) is 12.3 Å². The standard InChI is InChI=1S/C13H13FN4O/c1-2-16-12-5-3-4-11(17-12)13(19)18-10-6-7-15-8-9(10)14/h3-8H,2H2,1H3,(H,16,17)(H,15,18,19). The minimum Gasteiger partial charge on any atom is -0.370 e. The second-order valence-corrected chi connectivity index (χ2v) is 3.75. The topological polar surface area (TPSA) is 66.9 Å². The molecule has 2 rings (SSSR count). The van der Waals surface area contributed by atoms with Crippen molar-refractivity contribution in [2.75, 3.05) is 17.2 Å². The average molecular weight is 260 g/mol. The molecule has 98 valence electrons. The van der Waals surface area contributed by atoms with Crippen LogP contribution in [0.1, 0.15) is 17.4 Å². The van der Waals surface area contributed by atoms with Gasteiger partial charge in [-0.1, -0.05) is 6.07 Å². The molecule has 2 heterocycles. The maximum absolute atomic E-state index is 13.4. The van der Waals surface area contributed by atoms with Gasteiger partial charge in [0.2, 0.25) is 0 Å². The van der Waals surface area contributed by atoms with Crippen molar-refractivity contribution in [1.29, 1.82) is 0 Å². The molecule has 0 radical (unpaired) electrons. The Morgan fingerprint density at radius 1 is 1.37 bits per heavy atom. The summed E-state index contributed by atoms with van der Waals surface area (Å²) >= 11 is 0. The lowest BCUT2D eigenvalue weighted by Gasteiger charge is -2.07. The number of carbonyl (C=O) groups excluding carboxylic acids is 1. The summed E-state index contributed by atoms with van der Waals surface area (Å²) in [6.07, 6.45) is 2.44. The van der Waals surface area contributed by atoms with Gasteiger partial charge in [-0.25, -0.2) is 9.37 Å². The molecule has 2 aromatic rings. The SMILES string of the molecule is CCNc1cccc(C(=O)Nc2ccncc2F)n1. The van der Waals surface area contributed by atoms with Crippen molar-refractivity contribution >= 4 is 17.4 Å². The largest absolute Gasteiger partial charge is 0.370 e. The van der Waals surface area contributed by atoms with E-state index in [-0.39, 0.29) is 11.4 Å². The number of nitrogens with one attached hydrogen (secondary N) is 2. The van der Waals surface area contributed by atoms with E-state index in [0.717, 1.165) is 6.20 Å². The third-order valence-corrected chi connectivity index (χ3v) is 2.36. The first-order valence-corrected chi connectivity index (χ1v) is 5.82. The van der Waals surface area contributed by atoms with E-state index < -0.39 is 11.7 Å². The number of carbonyl (C=O) groups is 1. The zero-order valence-electron chi connectivity index (χ0n) is 10.4. The number of nitrogens with zero attached hydrogens (tertiary/aromatic N) is 2. The van der Waals surface area contributed by atoms with Gasteiger partial charge in [-0.2, -0.15) is 0 Å². The number of anilines is 2. The average Bonchev–Trinajstić information content (AvgIpc) is 2.42. The van der Waals surface area contributed by atoms with Gasteiger partial charge in [0.15, 0.2) is 5.82 Å². The highest BCUT2D eigenvalue weighted by Crippen LogP contribution is 2.13. The van der Waals surface area contributed by atoms with Crippen LogP contribution in [0.4, 0.5) is 15.9 Å². The number of amides is 1. The number of pyridine rings is 2. The molecule has 2 N–H and O–H groups in total. The fourth-order valence-electron chi connectivity index (χ4n) is 1.50. The van der Waals surface area contributed by atoms with Crippen LogP contribution in [0.2, 0.25) is 0 Å². The summed E-state index contributed by atoms with van der Waals surface area (Å²) in [6, 6.07) is 6.42. The summed E-state index contributed by atoms with van der Waals surface area (Å²) < 4.78 is 13.4. The quantitative estimate of drug-likeness (QED) is 0.885. The first kappa shape index (κ1) is 12.9. The Morgan fingerprint density at radius 2 is 2.21 bits per heavy atom. The zero-order valence-corrected chi connectivity index (χ0v) is 10.4. The Labute approximate surface area is 109 Å². The molecule has 0 aromatic carbocycles. The van der Waals surface area contributed by atoms with Gasteiger partial charge in [0, 0.05) is 12.7 Å². The summed E-state index contributed by atoms with van der Waals surface area (Å²) in [7, 11) is 0. The summed E-state index contributed by atoms with van der Waals surface area (Å²) in [5, 5.41) is 5.45. The molecular weight excluding hydrogens is 247 g/mol. The van der Waals surface area contributed by atoms with Gasteiger partial charge in [-0.3, -0.25) is 9.78 Å². The fraction of sp³-hybridized carbons (Fsp3) is 0.154. The van der Waals surface area contributed by atoms with E-state index in [2.05, 4.69) is 20.6 Å². The van der Waals surface area contributed by atoms with Crippen LogP contribution in [-0.4, -0.2) is 22.4 Å². The molecule has 0 saturated carbocycles. The van der Waals surface area contributed by atoms with Crippen LogP contribution in [0.3, 0.4) is 0 Å². The smallest absolute Gasteiger partial charge is 0.274 e. The van der Waals surface area contributed by atoms with Crippen molar-refractivity contribution < 1.29 is 9.18 Å². The van der Waals surface area contributed by atoms with Crippen LogP contribution in [0, 0.1) is 5.82 Å². The highest BCUT2D eigenvalue weighted by molar-refractivity contribution is 6.03. The first-order valence-electron chi connectivity index (χ1n) is 5.82. The molecule has 6 heteroatoms. The van der Waals surface area contributed by atoms with E-state index >= 15 is 0 Å². The molecule has 0 atom stereocenters. The van der Waals surface area contributed by atoms with Crippen LogP contribution in [0.25, 0.3) is 0 Å². The third-order valence-electron chi connectivity index (χ3n) is 2.36. The Morgan fingerprint density at radius 3 is 2.95 bits per heavy atom. The normalized spacial score (nSPS) is 10.0. The number of hydrogen-bond acceptors (Lipinski definition) is 4. The Kier molecular flexibility index (Phi) is 4.02. The molecule has 0 saturated heterocycles. The molecule has 0 aliphatic rings. The number of hydrogen-bond donors (Lipinski definition) is 2. The summed E-state index contributed by atoms with van der Waals surface area (Å²) in [4.78, 5) is 19.7. The van der Waals surface area contributed by atoms with Gasteiger partial charge < -0.3 is 10.6 Å². The first-order chi connectivity index (χ1) is 9.20. The van der Waals surface area contributed by atoms with Crippen LogP contribution in [0.5, 0.6) is 0 Å². The van der Waals surface area contributed by atoms with Gasteiger partial charge in [0.05, 0.1) is 11.9 Å². The van der Waals surface area contributed by atoms with Crippen molar-refractivity contribution in [3.63, 3.8) is 0 Å². The number of aromatic nitrogens is 2. The molecule has 0 aliphatic heterocycles. The number of rotatable bonds is 4. The van der Waals surface area contributed by atoms with Gasteiger partial charge in [-0.05, 0) is 25.1 Å². The van der Waals surface area contributed by atoms with Crippen LogP contribution >= 0.6 is 0 Å². The second kappa shape index (κ2) is 5.90. The summed E-state index contributed by atoms with van der Waals surface area (Å²) in [6.45, 7) is 2.64. The second-order valence-electron chi connectivity index (χ2n) is 3.75. The van der Waals surface area contributed by atoms with Crippen LogP contribution in [-0.2, 0) is 0 Å². The monoisotopic (exact) mass is 260 g/mol. The Bertz CT molecular complexity index is 588. The molecule has 5 nitrogen and oxygen atoms in total. The van der Waals surface area contributed by atoms with E-state index in [1.807, 2.05) is 6.92 Å². The molecule has 1 amide bonds. The lowest BCUT2D eigenvalue weighted by Crippen LogP contribution is -2.15. The number of halogens is 1. The predicted molar refractivity (Wildman–Crippen MR) is 70.5 cm³/mol. The van der Waals surface area contributed by atoms with E-state index in [4.69, 9.17) is 0 Å². The van der Waals surface area contributed by atoms with Gasteiger partial charge in [-0.15, -0.1) is 0 Å². The highest BCUT2D eigenvalue weighted by Gasteiger charge is 2.10. The maximum atomic E-state index is 13.4. The van der Waals surface area contributed by atoms with Crippen LogP contribution in [0.15, 0.2) is 36.7 Å². The third kappa shape index (κ3) is 3.25. The van der Waals surface area contributed by atoms with Gasteiger partial charge in [0.1, 0.15) is 11.5 Å². The molecule has 2 aromatic heterocycles. The van der Waals surface area contributed by atoms with Crippen molar-refractivity contribution in [3.8, 4) is 0 Å². The van der Waals surface area contributed by atoms with Crippen molar-refractivity contribution in [2.45, 2.75) is 6.92 Å². The molecular formula is C13H13FN4O. The minimum absolute atomic E-state index is 0.0793. The Hall–Kier alpha value is -2.50. The highest BCUT2D eigenvalue weighted by atomic mass is 19.1. The maximum Gasteiger partial charge on any atom is 0.274 e. The van der Waals surface area contributed by atoms with Gasteiger partial charge >= 0.3 is 0 Å². The summed E-state index contributed by atoms with van der Waals surface area (Å²) in [5.41, 5.74) is 0.297. The molecule has 0 aliphatic carbocycles. The van der Waals surface area contributed by atoms with E-state index in [0.29, 0.717) is 12.4 Å². The lowest BCUT2D eigenvalue weighted by molar-refractivity contribution is 0.102. The molecule has 0 fully saturated rings. The predicted octanol–water partition coefficient (Wildman–Crippen LogP) is 2.30. The molecule has 19 heavy (non-hydrogen) atoms. The summed E-state index contributed by atoms with van der Waals surface area (Å²) in [5.74, 6) is -0.450. The van der Waals surface area contributed by atoms with Crippen LogP contribution < -0.4 is 10.6 Å². The van der Waals surface area contributed by atoms with Crippen molar-refractivity contribution in [1.82, 2.24) is 9.97 Å². The minimum atomic E-state index is -0.585. The lowest BCUT2D eigenvalue weighted by atomic mass is 10.3. The Balaban J connectivity index is 2.16. The molecule has 0 unspecified atom stereocenters. The van der Waals surface area contributed by atoms with Crippen molar-refractivity contribution in [3.05, 3.63) is 48.2 Å². The van der Waals surface area contributed by atoms with Gasteiger partial charge in [0.25, 0.3) is 5.91 Å². The van der Waals surface area contributed by atoms with Crippen molar-refractivity contribution in [2.24, 2.45) is 0 Å². The fourth-order valence-corrected chi connectivity index (χ4v) is 1.50. The molecule has 0 spiro atoms. The van der Waals surface area contributed by atoms with E-state index in [9.17, 15) is 9.18 Å². The van der Waals surface area contributed by atoms with E-state index in [1.54, 1.807) is 18.2 Å². The zero-order chi connectivity index (χ0) is 13.7.